The van der Waals surface area contributed by atoms with Crippen LogP contribution in [0.5, 0.6) is 5.88 Å². The van der Waals surface area contributed by atoms with Crippen LogP contribution in [0, 0.1) is 0 Å². The monoisotopic (exact) mass is 288 g/mol. The van der Waals surface area contributed by atoms with E-state index in [1.807, 2.05) is 48.2 Å². The first kappa shape index (κ1) is 12.9. The van der Waals surface area contributed by atoms with Crippen molar-refractivity contribution in [1.29, 1.82) is 0 Å². The second-order valence-corrected chi connectivity index (χ2v) is 5.57. The van der Waals surface area contributed by atoms with Crippen molar-refractivity contribution in [3.8, 4) is 5.88 Å². The van der Waals surface area contributed by atoms with Gasteiger partial charge < -0.3 is 10.1 Å². The molecule has 0 aromatic carbocycles. The van der Waals surface area contributed by atoms with Crippen molar-refractivity contribution in [2.75, 3.05) is 5.32 Å². The third kappa shape index (κ3) is 2.75. The predicted molar refractivity (Wildman–Crippen MR) is 80.4 cm³/mol. The number of ether oxygens (including phenoxy) is 1. The number of anilines is 1. The summed E-state index contributed by atoms with van der Waals surface area (Å²) in [5.41, 5.74) is 1.88. The van der Waals surface area contributed by atoms with E-state index < -0.39 is 0 Å². The van der Waals surface area contributed by atoms with Gasteiger partial charge in [-0.1, -0.05) is 0 Å². The van der Waals surface area contributed by atoms with Crippen molar-refractivity contribution in [2.24, 2.45) is 0 Å². The van der Waals surface area contributed by atoms with E-state index in [4.69, 9.17) is 4.74 Å². The lowest BCUT2D eigenvalue weighted by molar-refractivity contribution is 0.234. The van der Waals surface area contributed by atoms with Gasteiger partial charge in [0.15, 0.2) is 4.96 Å². The Morgan fingerprint density at radius 1 is 1.45 bits per heavy atom. The molecule has 0 aliphatic heterocycles. The molecule has 0 saturated heterocycles. The third-order valence-corrected chi connectivity index (χ3v) is 3.49. The van der Waals surface area contributed by atoms with Gasteiger partial charge in [-0.3, -0.25) is 4.40 Å². The van der Waals surface area contributed by atoms with Crippen LogP contribution in [0.2, 0.25) is 0 Å². The molecule has 0 spiro atoms. The summed E-state index contributed by atoms with van der Waals surface area (Å²) < 4.78 is 7.70. The Morgan fingerprint density at radius 2 is 2.35 bits per heavy atom. The molecular weight excluding hydrogens is 272 g/mol. The number of imidazole rings is 1. The Hall–Kier alpha value is -2.08. The first-order valence-electron chi connectivity index (χ1n) is 6.49. The highest BCUT2D eigenvalue weighted by molar-refractivity contribution is 7.15. The van der Waals surface area contributed by atoms with Gasteiger partial charge in [0.1, 0.15) is 0 Å². The van der Waals surface area contributed by atoms with Crippen molar-refractivity contribution in [3.63, 3.8) is 0 Å². The van der Waals surface area contributed by atoms with Crippen LogP contribution >= 0.6 is 11.3 Å². The zero-order chi connectivity index (χ0) is 13.9. The third-order valence-electron chi connectivity index (χ3n) is 2.72. The topological polar surface area (TPSA) is 51.5 Å². The van der Waals surface area contributed by atoms with E-state index >= 15 is 0 Å². The van der Waals surface area contributed by atoms with Gasteiger partial charge in [-0.15, -0.1) is 11.3 Å². The predicted octanol–water partition coefficient (Wildman–Crippen LogP) is 3.19. The molecule has 0 atom stereocenters. The van der Waals surface area contributed by atoms with Crippen LogP contribution in [0.1, 0.15) is 19.5 Å². The van der Waals surface area contributed by atoms with Crippen LogP contribution < -0.4 is 10.1 Å². The standard InChI is InChI=1S/C14H16N4OS/c1-10(2)19-13-12(4-3-5-15-13)16-8-11-9-18-6-7-20-14(18)17-11/h3-7,9-10,16H,8H2,1-2H3. The molecule has 0 radical (unpaired) electrons. The van der Waals surface area contributed by atoms with Gasteiger partial charge in [0.05, 0.1) is 24.0 Å². The number of fused-ring (bicyclic) bond motifs is 1. The molecule has 0 amide bonds. The van der Waals surface area contributed by atoms with E-state index in [2.05, 4.69) is 15.3 Å². The quantitative estimate of drug-likeness (QED) is 0.783. The maximum absolute atomic E-state index is 5.68. The summed E-state index contributed by atoms with van der Waals surface area (Å²) in [5.74, 6) is 0.628. The number of rotatable bonds is 5. The average Bonchev–Trinajstić information content (AvgIpc) is 2.97. The van der Waals surface area contributed by atoms with Crippen LogP contribution in [0.3, 0.4) is 0 Å². The molecule has 0 saturated carbocycles. The maximum atomic E-state index is 5.68. The maximum Gasteiger partial charge on any atom is 0.237 e. The molecule has 0 aliphatic rings. The van der Waals surface area contributed by atoms with Gasteiger partial charge in [-0.25, -0.2) is 9.97 Å². The summed E-state index contributed by atoms with van der Waals surface area (Å²) in [6.45, 7) is 4.62. The van der Waals surface area contributed by atoms with Crippen LogP contribution in [0.25, 0.3) is 4.96 Å². The number of pyridine rings is 1. The van der Waals surface area contributed by atoms with E-state index in [-0.39, 0.29) is 6.10 Å². The van der Waals surface area contributed by atoms with Crippen LogP contribution in [-0.2, 0) is 6.54 Å². The first-order chi connectivity index (χ1) is 9.72. The minimum atomic E-state index is 0.100. The van der Waals surface area contributed by atoms with Crippen molar-refractivity contribution in [1.82, 2.24) is 14.4 Å². The van der Waals surface area contributed by atoms with Crippen molar-refractivity contribution >= 4 is 22.0 Å². The van der Waals surface area contributed by atoms with E-state index in [0.717, 1.165) is 16.3 Å². The zero-order valence-corrected chi connectivity index (χ0v) is 12.2. The number of hydrogen-bond donors (Lipinski definition) is 1. The van der Waals surface area contributed by atoms with Crippen molar-refractivity contribution < 1.29 is 4.74 Å². The fraction of sp³-hybridized carbons (Fsp3) is 0.286. The number of thiazole rings is 1. The SMILES string of the molecule is CC(C)Oc1ncccc1NCc1cn2ccsc2n1. The van der Waals surface area contributed by atoms with Gasteiger partial charge in [0, 0.05) is 24.0 Å². The van der Waals surface area contributed by atoms with Gasteiger partial charge >= 0.3 is 0 Å². The van der Waals surface area contributed by atoms with E-state index in [1.54, 1.807) is 17.5 Å². The summed E-state index contributed by atoms with van der Waals surface area (Å²) in [6.07, 6.45) is 5.87. The lowest BCUT2D eigenvalue weighted by Gasteiger charge is -2.13. The summed E-state index contributed by atoms with van der Waals surface area (Å²) in [5, 5.41) is 5.35. The Labute approximate surface area is 121 Å². The van der Waals surface area contributed by atoms with Crippen LogP contribution in [0.15, 0.2) is 36.1 Å². The molecular formula is C14H16N4OS. The minimum absolute atomic E-state index is 0.100. The molecule has 0 aliphatic carbocycles. The Balaban J connectivity index is 1.73. The minimum Gasteiger partial charge on any atom is -0.473 e. The highest BCUT2D eigenvalue weighted by atomic mass is 32.1. The Bertz CT molecular complexity index is 675. The molecule has 3 rings (SSSR count). The normalized spacial score (nSPS) is 11.2. The molecule has 3 aromatic heterocycles. The highest BCUT2D eigenvalue weighted by Crippen LogP contribution is 2.22. The first-order valence-corrected chi connectivity index (χ1v) is 7.37. The highest BCUT2D eigenvalue weighted by Gasteiger charge is 2.08. The molecule has 20 heavy (non-hydrogen) atoms. The number of nitrogens with zero attached hydrogens (tertiary/aromatic N) is 3. The smallest absolute Gasteiger partial charge is 0.237 e. The van der Waals surface area contributed by atoms with Gasteiger partial charge in [0.2, 0.25) is 5.88 Å². The fourth-order valence-corrected chi connectivity index (χ4v) is 2.61. The van der Waals surface area contributed by atoms with Gasteiger partial charge in [0.25, 0.3) is 0 Å². The van der Waals surface area contributed by atoms with Crippen molar-refractivity contribution in [3.05, 3.63) is 41.8 Å². The summed E-state index contributed by atoms with van der Waals surface area (Å²) >= 11 is 1.63. The van der Waals surface area contributed by atoms with E-state index in [9.17, 15) is 0 Å². The lowest BCUT2D eigenvalue weighted by atomic mass is 10.3. The molecule has 0 fully saturated rings. The molecule has 104 valence electrons. The van der Waals surface area contributed by atoms with Crippen LogP contribution in [-0.4, -0.2) is 20.5 Å². The molecule has 1 N–H and O–H groups in total. The van der Waals surface area contributed by atoms with Crippen LogP contribution in [0.4, 0.5) is 5.69 Å². The van der Waals surface area contributed by atoms with Gasteiger partial charge in [-0.05, 0) is 26.0 Å². The lowest BCUT2D eigenvalue weighted by Crippen LogP contribution is -2.10. The van der Waals surface area contributed by atoms with E-state index in [0.29, 0.717) is 12.4 Å². The Morgan fingerprint density at radius 3 is 3.15 bits per heavy atom. The average molecular weight is 288 g/mol. The Kier molecular flexibility index (Phi) is 3.56. The van der Waals surface area contributed by atoms with Gasteiger partial charge in [-0.2, -0.15) is 0 Å². The summed E-state index contributed by atoms with van der Waals surface area (Å²) in [7, 11) is 0. The van der Waals surface area contributed by atoms with Crippen molar-refractivity contribution in [2.45, 2.75) is 26.5 Å². The summed E-state index contributed by atoms with van der Waals surface area (Å²) in [4.78, 5) is 9.80. The summed E-state index contributed by atoms with van der Waals surface area (Å²) in [6, 6.07) is 3.85. The second-order valence-electron chi connectivity index (χ2n) is 4.70. The number of aromatic nitrogens is 3. The molecule has 6 heteroatoms. The number of hydrogen-bond acceptors (Lipinski definition) is 5. The molecule has 0 unspecified atom stereocenters. The largest absolute Gasteiger partial charge is 0.473 e. The molecule has 3 aromatic rings. The fourth-order valence-electron chi connectivity index (χ4n) is 1.89. The molecule has 3 heterocycles. The number of nitrogens with one attached hydrogen (secondary N) is 1. The van der Waals surface area contributed by atoms with E-state index in [1.165, 1.54) is 0 Å². The second kappa shape index (κ2) is 5.50. The molecule has 0 bridgehead atoms. The molecule has 5 nitrogen and oxygen atoms in total. The zero-order valence-electron chi connectivity index (χ0n) is 11.4.